The smallest absolute Gasteiger partial charge is 0.265 e. The Hall–Kier alpha value is -4.45. The van der Waals surface area contributed by atoms with Gasteiger partial charge in [0.1, 0.15) is 24.1 Å². The zero-order valence-electron chi connectivity index (χ0n) is 28.0. The molecule has 0 spiro atoms. The van der Waals surface area contributed by atoms with Gasteiger partial charge in [0.05, 0.1) is 39.0 Å². The molecule has 1 N–H and O–H groups in total. The number of ether oxygens (including phenoxy) is 4. The Labute approximate surface area is 272 Å². The SMILES string of the molecule is CCC(C(=O)NC(C)(C)C)N(Cc1ccc(C)cc1)C(=O)CN(c1cc(OC)ccc1OC)S(=O)(=O)c1ccc(OC)c(OC)c1. The van der Waals surface area contributed by atoms with Gasteiger partial charge in [-0.3, -0.25) is 13.9 Å². The molecule has 0 radical (unpaired) electrons. The highest BCUT2D eigenvalue weighted by molar-refractivity contribution is 7.92. The fourth-order valence-electron chi connectivity index (χ4n) is 4.87. The molecule has 0 saturated heterocycles. The van der Waals surface area contributed by atoms with Crippen LogP contribution in [0.1, 0.15) is 45.2 Å². The van der Waals surface area contributed by atoms with Crippen molar-refractivity contribution < 1.29 is 37.0 Å². The van der Waals surface area contributed by atoms with E-state index in [0.29, 0.717) is 17.9 Å². The lowest BCUT2D eigenvalue weighted by Gasteiger charge is -2.35. The normalized spacial score (nSPS) is 12.1. The Balaban J connectivity index is 2.20. The Kier molecular flexibility index (Phi) is 11.9. The summed E-state index contributed by atoms with van der Waals surface area (Å²) in [7, 11) is 1.26. The molecule has 46 heavy (non-hydrogen) atoms. The van der Waals surface area contributed by atoms with Gasteiger partial charge in [0.2, 0.25) is 11.8 Å². The van der Waals surface area contributed by atoms with Crippen molar-refractivity contribution in [3.8, 4) is 23.0 Å². The second kappa shape index (κ2) is 15.2. The lowest BCUT2D eigenvalue weighted by Crippen LogP contribution is -2.55. The van der Waals surface area contributed by atoms with E-state index in [-0.39, 0.29) is 34.5 Å². The number of aryl methyl sites for hydroxylation is 1. The Morgan fingerprint density at radius 3 is 1.98 bits per heavy atom. The van der Waals surface area contributed by atoms with Crippen LogP contribution in [0.4, 0.5) is 5.69 Å². The van der Waals surface area contributed by atoms with Crippen molar-refractivity contribution in [2.24, 2.45) is 0 Å². The van der Waals surface area contributed by atoms with Gasteiger partial charge in [-0.15, -0.1) is 0 Å². The summed E-state index contributed by atoms with van der Waals surface area (Å²) in [6, 6.07) is 15.6. The number of methoxy groups -OCH3 is 4. The average molecular weight is 656 g/mol. The number of anilines is 1. The molecule has 3 rings (SSSR count). The van der Waals surface area contributed by atoms with Crippen molar-refractivity contribution in [3.05, 3.63) is 71.8 Å². The van der Waals surface area contributed by atoms with Crippen LogP contribution in [0.25, 0.3) is 0 Å². The Morgan fingerprint density at radius 1 is 0.826 bits per heavy atom. The van der Waals surface area contributed by atoms with Crippen molar-refractivity contribution in [2.45, 2.75) is 64.1 Å². The maximum absolute atomic E-state index is 14.5. The fourth-order valence-corrected chi connectivity index (χ4v) is 6.30. The van der Waals surface area contributed by atoms with Crippen LogP contribution < -0.4 is 28.6 Å². The minimum Gasteiger partial charge on any atom is -0.497 e. The molecule has 0 heterocycles. The van der Waals surface area contributed by atoms with Gasteiger partial charge in [-0.1, -0.05) is 36.8 Å². The standard InChI is InChI=1S/C34H45N3O8S/c1-10-27(33(39)35-34(3,4)5)36(21-24-13-11-23(2)12-14-24)32(38)22-37(28-19-25(42-6)15-17-29(28)43-7)46(40,41)26-16-18-30(44-8)31(20-26)45-9/h11-20,27H,10,21-22H2,1-9H3,(H,35,39). The van der Waals surface area contributed by atoms with Gasteiger partial charge >= 0.3 is 0 Å². The first kappa shape index (κ1) is 36.0. The highest BCUT2D eigenvalue weighted by Crippen LogP contribution is 2.38. The molecule has 0 saturated carbocycles. The van der Waals surface area contributed by atoms with Crippen LogP contribution in [0.15, 0.2) is 65.6 Å². The summed E-state index contributed by atoms with van der Waals surface area (Å²) < 4.78 is 51.5. The summed E-state index contributed by atoms with van der Waals surface area (Å²) in [4.78, 5) is 29.3. The van der Waals surface area contributed by atoms with Gasteiger partial charge in [0.15, 0.2) is 11.5 Å². The van der Waals surface area contributed by atoms with E-state index in [2.05, 4.69) is 5.32 Å². The molecule has 3 aromatic carbocycles. The molecule has 2 amide bonds. The molecule has 12 heteroatoms. The molecule has 0 aliphatic rings. The number of benzene rings is 3. The lowest BCUT2D eigenvalue weighted by atomic mass is 10.1. The third-order valence-corrected chi connectivity index (χ3v) is 8.99. The predicted octanol–water partition coefficient (Wildman–Crippen LogP) is 4.95. The number of carbonyl (C=O) groups excluding carboxylic acids is 2. The summed E-state index contributed by atoms with van der Waals surface area (Å²) in [6.45, 7) is 8.77. The number of hydrogen-bond donors (Lipinski definition) is 1. The van der Waals surface area contributed by atoms with E-state index in [4.69, 9.17) is 18.9 Å². The highest BCUT2D eigenvalue weighted by Gasteiger charge is 2.36. The summed E-state index contributed by atoms with van der Waals surface area (Å²) >= 11 is 0. The van der Waals surface area contributed by atoms with E-state index in [0.717, 1.165) is 15.4 Å². The summed E-state index contributed by atoms with van der Waals surface area (Å²) in [5.41, 5.74) is 1.35. The monoisotopic (exact) mass is 655 g/mol. The van der Waals surface area contributed by atoms with Crippen LogP contribution in [-0.4, -0.2) is 71.7 Å². The van der Waals surface area contributed by atoms with E-state index < -0.39 is 34.1 Å². The molecule has 0 fully saturated rings. The topological polar surface area (TPSA) is 124 Å². The summed E-state index contributed by atoms with van der Waals surface area (Å²) in [5, 5.41) is 2.97. The van der Waals surface area contributed by atoms with Crippen LogP contribution >= 0.6 is 0 Å². The molecule has 1 atom stereocenters. The van der Waals surface area contributed by atoms with Gasteiger partial charge < -0.3 is 29.2 Å². The van der Waals surface area contributed by atoms with E-state index in [1.807, 2.05) is 58.9 Å². The largest absolute Gasteiger partial charge is 0.497 e. The first-order chi connectivity index (χ1) is 21.7. The van der Waals surface area contributed by atoms with Crippen molar-refractivity contribution in [1.29, 1.82) is 0 Å². The molecule has 250 valence electrons. The molecule has 0 aliphatic carbocycles. The molecule has 1 unspecified atom stereocenters. The molecule has 0 aliphatic heterocycles. The third kappa shape index (κ3) is 8.63. The Morgan fingerprint density at radius 2 is 1.43 bits per heavy atom. The zero-order chi connectivity index (χ0) is 34.2. The quantitative estimate of drug-likeness (QED) is 0.259. The second-order valence-corrected chi connectivity index (χ2v) is 13.6. The number of amides is 2. The molecular weight excluding hydrogens is 610 g/mol. The minimum atomic E-state index is -4.44. The van der Waals surface area contributed by atoms with Crippen molar-refractivity contribution >= 4 is 27.5 Å². The number of hydrogen-bond acceptors (Lipinski definition) is 8. The highest BCUT2D eigenvalue weighted by atomic mass is 32.2. The molecule has 11 nitrogen and oxygen atoms in total. The average Bonchev–Trinajstić information content (AvgIpc) is 3.02. The molecule has 3 aromatic rings. The second-order valence-electron chi connectivity index (χ2n) is 11.7. The van der Waals surface area contributed by atoms with Gasteiger partial charge in [-0.05, 0) is 63.9 Å². The van der Waals surface area contributed by atoms with Gasteiger partial charge in [-0.25, -0.2) is 8.42 Å². The molecule has 0 bridgehead atoms. The summed E-state index contributed by atoms with van der Waals surface area (Å²) in [6.07, 6.45) is 0.296. The van der Waals surface area contributed by atoms with E-state index in [1.54, 1.807) is 12.1 Å². The van der Waals surface area contributed by atoms with Crippen LogP contribution in [0, 0.1) is 6.92 Å². The predicted molar refractivity (Wildman–Crippen MR) is 177 cm³/mol. The first-order valence-electron chi connectivity index (χ1n) is 14.8. The lowest BCUT2D eigenvalue weighted by molar-refractivity contribution is -0.141. The number of nitrogens with zero attached hydrogens (tertiary/aromatic N) is 2. The number of rotatable bonds is 14. The fraction of sp³-hybridized carbons (Fsp3) is 0.412. The number of carbonyl (C=O) groups is 2. The molecule has 0 aromatic heterocycles. The summed E-state index contributed by atoms with van der Waals surface area (Å²) in [5.74, 6) is 0.138. The van der Waals surface area contributed by atoms with E-state index in [1.165, 1.54) is 57.6 Å². The van der Waals surface area contributed by atoms with Crippen LogP contribution in [0.3, 0.4) is 0 Å². The van der Waals surface area contributed by atoms with Gasteiger partial charge in [-0.2, -0.15) is 0 Å². The Bertz CT molecular complexity index is 1620. The van der Waals surface area contributed by atoms with Crippen molar-refractivity contribution in [2.75, 3.05) is 39.3 Å². The molecular formula is C34H45N3O8S. The maximum Gasteiger partial charge on any atom is 0.265 e. The number of sulfonamides is 1. The van der Waals surface area contributed by atoms with Crippen molar-refractivity contribution in [3.63, 3.8) is 0 Å². The van der Waals surface area contributed by atoms with E-state index >= 15 is 0 Å². The third-order valence-electron chi connectivity index (χ3n) is 7.23. The van der Waals surface area contributed by atoms with Crippen LogP contribution in [-0.2, 0) is 26.2 Å². The minimum absolute atomic E-state index is 0.0764. The maximum atomic E-state index is 14.5. The van der Waals surface area contributed by atoms with Crippen molar-refractivity contribution in [1.82, 2.24) is 10.2 Å². The van der Waals surface area contributed by atoms with Gasteiger partial charge in [0.25, 0.3) is 10.0 Å². The van der Waals surface area contributed by atoms with E-state index in [9.17, 15) is 18.0 Å². The van der Waals surface area contributed by atoms with Crippen LogP contribution in [0.2, 0.25) is 0 Å². The number of nitrogens with one attached hydrogen (secondary N) is 1. The van der Waals surface area contributed by atoms with Crippen LogP contribution in [0.5, 0.6) is 23.0 Å². The van der Waals surface area contributed by atoms with Gasteiger partial charge in [0, 0.05) is 24.2 Å². The zero-order valence-corrected chi connectivity index (χ0v) is 28.9. The first-order valence-corrected chi connectivity index (χ1v) is 16.3.